The summed E-state index contributed by atoms with van der Waals surface area (Å²) in [7, 11) is -4.94. The van der Waals surface area contributed by atoms with Crippen LogP contribution in [0.1, 0.15) is 12.5 Å². The third kappa shape index (κ3) is 4.80. The summed E-state index contributed by atoms with van der Waals surface area (Å²) in [6, 6.07) is 25.3. The van der Waals surface area contributed by atoms with E-state index in [9.17, 15) is 0 Å². The summed E-state index contributed by atoms with van der Waals surface area (Å²) in [4.78, 5) is 0. The van der Waals surface area contributed by atoms with Crippen molar-refractivity contribution in [2.24, 2.45) is 0 Å². The van der Waals surface area contributed by atoms with Gasteiger partial charge in [-0.2, -0.15) is 0 Å². The number of hydrogen-bond acceptors (Lipinski definition) is 4. The van der Waals surface area contributed by atoms with Crippen molar-refractivity contribution in [3.05, 3.63) is 78.4 Å². The maximum Gasteiger partial charge on any atom is 0.363 e. The molecule has 0 bridgehead atoms. The molecule has 0 unspecified atom stereocenters. The molecule has 0 saturated carbocycles. The summed E-state index contributed by atoms with van der Waals surface area (Å²) >= 11 is 0. The molecule has 0 spiro atoms. The van der Waals surface area contributed by atoms with Crippen molar-refractivity contribution in [1.29, 1.82) is 0 Å². The quantitative estimate of drug-likeness (QED) is 0.383. The van der Waals surface area contributed by atoms with Crippen LogP contribution in [-0.2, 0) is 6.42 Å². The molecular weight excluding hydrogens is 368 g/mol. The molecule has 0 atom stereocenters. The number of benzene rings is 3. The van der Waals surface area contributed by atoms with Crippen LogP contribution in [0.2, 0.25) is 0 Å². The van der Waals surface area contributed by atoms with Gasteiger partial charge >= 0.3 is 11.3 Å². The summed E-state index contributed by atoms with van der Waals surface area (Å²) in [5.74, 6) is 0.978. The topological polar surface area (TPSA) is 104 Å². The molecular formula is C21H17ClO5. The number of fused-ring (bicyclic) bond motifs is 3. The van der Waals surface area contributed by atoms with E-state index in [-0.39, 0.29) is 0 Å². The summed E-state index contributed by atoms with van der Waals surface area (Å²) in [5, 5.41) is 3.69. The number of halogens is 1. The van der Waals surface area contributed by atoms with Gasteiger partial charge in [0.2, 0.25) is 0 Å². The molecule has 3 aromatic carbocycles. The second-order valence-corrected chi connectivity index (χ2v) is 6.65. The van der Waals surface area contributed by atoms with Gasteiger partial charge in [-0.25, -0.2) is 23.1 Å². The standard InChI is InChI=1S/C21H17O.ClHO4/c1-2-15-14-19-18-11-7-6-8-16(18)12-13-20(19)22-21(15)17-9-4-3-5-10-17;2-1(3,4)5/h3-14H,2H2,1H3;(H,2,3,4,5)/q+1;/p-1. The average molecular weight is 385 g/mol. The number of hydrogen-bond donors (Lipinski definition) is 0. The fourth-order valence-electron chi connectivity index (χ4n) is 3.03. The van der Waals surface area contributed by atoms with Gasteiger partial charge in [0.25, 0.3) is 0 Å². The molecule has 0 aliphatic carbocycles. The Morgan fingerprint density at radius 2 is 1.41 bits per heavy atom. The van der Waals surface area contributed by atoms with Crippen molar-refractivity contribution < 1.29 is 33.3 Å². The van der Waals surface area contributed by atoms with Crippen LogP contribution in [0.4, 0.5) is 0 Å². The first-order chi connectivity index (χ1) is 12.9. The predicted octanol–water partition coefficient (Wildman–Crippen LogP) is 1.34. The third-order valence-electron chi connectivity index (χ3n) is 4.17. The van der Waals surface area contributed by atoms with Crippen LogP contribution in [0, 0.1) is 10.2 Å². The lowest BCUT2D eigenvalue weighted by molar-refractivity contribution is -2.00. The van der Waals surface area contributed by atoms with Crippen LogP contribution >= 0.6 is 0 Å². The van der Waals surface area contributed by atoms with Crippen LogP contribution in [-0.4, -0.2) is 0 Å². The van der Waals surface area contributed by atoms with Gasteiger partial charge in [0.05, 0.1) is 16.5 Å². The van der Waals surface area contributed by atoms with E-state index in [1.54, 1.807) is 0 Å². The largest absolute Gasteiger partial charge is 0.363 e. The highest BCUT2D eigenvalue weighted by molar-refractivity contribution is 6.06. The monoisotopic (exact) mass is 384 g/mol. The van der Waals surface area contributed by atoms with Gasteiger partial charge in [0, 0.05) is 6.07 Å². The molecule has 1 heterocycles. The first-order valence-electron chi connectivity index (χ1n) is 8.31. The molecule has 0 fully saturated rings. The van der Waals surface area contributed by atoms with Gasteiger partial charge in [-0.05, 0) is 41.5 Å². The summed E-state index contributed by atoms with van der Waals surface area (Å²) < 4.78 is 40.3. The Hall–Kier alpha value is -2.54. The highest BCUT2D eigenvalue weighted by Gasteiger charge is 2.21. The highest BCUT2D eigenvalue weighted by Crippen LogP contribution is 2.32. The molecule has 6 heteroatoms. The Kier molecular flexibility index (Phi) is 5.70. The summed E-state index contributed by atoms with van der Waals surface area (Å²) in [6.45, 7) is 2.17. The Bertz CT molecular complexity index is 1050. The second-order valence-electron chi connectivity index (χ2n) is 5.90. The van der Waals surface area contributed by atoms with Crippen LogP contribution in [0.25, 0.3) is 33.1 Å². The SMILES string of the molecule is CCc1cc2c(ccc3ccccc32)[o+]c1-c1ccccc1.[O-][Cl+3]([O-])([O-])[O-]. The molecule has 27 heavy (non-hydrogen) atoms. The van der Waals surface area contributed by atoms with Gasteiger partial charge in [-0.1, -0.05) is 49.4 Å². The van der Waals surface area contributed by atoms with E-state index in [1.807, 2.05) is 6.07 Å². The van der Waals surface area contributed by atoms with E-state index in [1.165, 1.54) is 21.7 Å². The summed E-state index contributed by atoms with van der Waals surface area (Å²) in [5.41, 5.74) is 3.32. The van der Waals surface area contributed by atoms with Gasteiger partial charge < -0.3 is 0 Å². The molecule has 5 nitrogen and oxygen atoms in total. The van der Waals surface area contributed by atoms with E-state index in [2.05, 4.69) is 73.7 Å². The number of aryl methyl sites for hydroxylation is 1. The molecule has 1 aromatic heterocycles. The van der Waals surface area contributed by atoms with Crippen LogP contribution in [0.5, 0.6) is 0 Å². The summed E-state index contributed by atoms with van der Waals surface area (Å²) in [6.07, 6.45) is 0.951. The zero-order valence-electron chi connectivity index (χ0n) is 14.6. The Balaban J connectivity index is 0.000000376. The molecule has 0 radical (unpaired) electrons. The molecule has 138 valence electrons. The highest BCUT2D eigenvalue weighted by atomic mass is 35.7. The first kappa shape index (κ1) is 19.2. The predicted molar refractivity (Wildman–Crippen MR) is 92.9 cm³/mol. The minimum atomic E-state index is -4.94. The second kappa shape index (κ2) is 8.00. The maximum atomic E-state index is 8.49. The van der Waals surface area contributed by atoms with Gasteiger partial charge in [-0.15, -0.1) is 10.2 Å². The third-order valence-corrected chi connectivity index (χ3v) is 4.17. The minimum absolute atomic E-state index is 0.940. The zero-order valence-corrected chi connectivity index (χ0v) is 15.3. The van der Waals surface area contributed by atoms with E-state index < -0.39 is 10.2 Å². The zero-order chi connectivity index (χ0) is 19.4. The van der Waals surface area contributed by atoms with Gasteiger partial charge in [0.15, 0.2) is 0 Å². The number of rotatable bonds is 2. The van der Waals surface area contributed by atoms with Crippen molar-refractivity contribution in [2.45, 2.75) is 13.3 Å². The van der Waals surface area contributed by atoms with Gasteiger partial charge in [0.1, 0.15) is 0 Å². The van der Waals surface area contributed by atoms with E-state index >= 15 is 0 Å². The molecule has 0 aliphatic heterocycles. The fraction of sp³-hybridized carbons (Fsp3) is 0.0952. The molecule has 4 aromatic rings. The van der Waals surface area contributed by atoms with Crippen LogP contribution in [0.3, 0.4) is 0 Å². The van der Waals surface area contributed by atoms with E-state index in [0.717, 1.165) is 23.3 Å². The Labute approximate surface area is 158 Å². The van der Waals surface area contributed by atoms with Crippen molar-refractivity contribution >= 4 is 21.7 Å². The van der Waals surface area contributed by atoms with Crippen LogP contribution < -0.4 is 18.6 Å². The average Bonchev–Trinajstić information content (AvgIpc) is 2.66. The maximum absolute atomic E-state index is 8.49. The van der Waals surface area contributed by atoms with E-state index in [4.69, 9.17) is 23.1 Å². The lowest BCUT2D eigenvalue weighted by Gasteiger charge is -2.17. The minimum Gasteiger partial charge on any atom is -0.222 e. The Morgan fingerprint density at radius 3 is 2.07 bits per heavy atom. The van der Waals surface area contributed by atoms with Gasteiger partial charge in [-0.3, -0.25) is 0 Å². The molecule has 0 amide bonds. The normalized spacial score (nSPS) is 11.3. The molecule has 0 saturated heterocycles. The van der Waals surface area contributed by atoms with Crippen LogP contribution in [0.15, 0.2) is 77.2 Å². The van der Waals surface area contributed by atoms with Crippen molar-refractivity contribution in [1.82, 2.24) is 0 Å². The lowest BCUT2D eigenvalue weighted by Crippen LogP contribution is -2.68. The molecule has 0 N–H and O–H groups in total. The Morgan fingerprint density at radius 1 is 0.778 bits per heavy atom. The lowest BCUT2D eigenvalue weighted by atomic mass is 10.0. The fourth-order valence-corrected chi connectivity index (χ4v) is 3.03. The van der Waals surface area contributed by atoms with Crippen molar-refractivity contribution in [2.75, 3.05) is 0 Å². The van der Waals surface area contributed by atoms with Crippen molar-refractivity contribution in [3.8, 4) is 11.3 Å². The molecule has 0 aliphatic rings. The smallest absolute Gasteiger partial charge is 0.222 e. The molecule has 4 rings (SSSR count). The van der Waals surface area contributed by atoms with E-state index in [0.29, 0.717) is 0 Å². The van der Waals surface area contributed by atoms with Crippen molar-refractivity contribution in [3.63, 3.8) is 0 Å². The first-order valence-corrected chi connectivity index (χ1v) is 9.55.